The Kier molecular flexibility index (Phi) is 4.44. The minimum Gasteiger partial charge on any atom is -0.377 e. The first kappa shape index (κ1) is 14.7. The topological polar surface area (TPSA) is 85.5 Å². The number of hydrogen-bond acceptors (Lipinski definition) is 6. The van der Waals surface area contributed by atoms with E-state index in [4.69, 9.17) is 10.5 Å². The maximum Gasteiger partial charge on any atom is 0.254 e. The number of nitrogen functional groups attached to an aromatic ring is 1. The van der Waals surface area contributed by atoms with Crippen LogP contribution in [0.3, 0.4) is 0 Å². The van der Waals surface area contributed by atoms with Crippen LogP contribution in [0.4, 0.5) is 5.13 Å². The first-order chi connectivity index (χ1) is 8.95. The molecule has 1 fully saturated rings. The van der Waals surface area contributed by atoms with Gasteiger partial charge < -0.3 is 10.5 Å². The average molecular weight is 305 g/mol. The zero-order valence-electron chi connectivity index (χ0n) is 11.1. The lowest BCUT2D eigenvalue weighted by molar-refractivity contribution is 0.0947. The minimum absolute atomic E-state index is 0.000277. The van der Waals surface area contributed by atoms with Crippen molar-refractivity contribution in [3.63, 3.8) is 0 Å². The second-order valence-corrected chi connectivity index (χ2v) is 7.68. The van der Waals surface area contributed by atoms with Gasteiger partial charge in [0.05, 0.1) is 11.8 Å². The minimum atomic E-state index is -3.52. The standard InChI is InChI=1S/C11H19N3O3S2/c1-3-14(7-9-5-4-6-17-9)19(15,16)10-8(2)13-11(12)18-10/h9H,3-7H2,1-2H3,(H2,12,13). The molecule has 1 atom stereocenters. The molecular weight excluding hydrogens is 286 g/mol. The number of ether oxygens (including phenoxy) is 1. The highest BCUT2D eigenvalue weighted by Gasteiger charge is 2.31. The highest BCUT2D eigenvalue weighted by atomic mass is 32.2. The zero-order chi connectivity index (χ0) is 14.0. The normalized spacial score (nSPS) is 20.3. The molecule has 1 aromatic rings. The van der Waals surface area contributed by atoms with Crippen LogP contribution in [0.5, 0.6) is 0 Å². The van der Waals surface area contributed by atoms with E-state index in [0.717, 1.165) is 30.8 Å². The summed E-state index contributed by atoms with van der Waals surface area (Å²) in [5.41, 5.74) is 6.05. The Bertz CT molecular complexity index is 535. The number of nitrogens with two attached hydrogens (primary N) is 1. The Morgan fingerprint density at radius 2 is 2.32 bits per heavy atom. The molecule has 8 heteroatoms. The monoisotopic (exact) mass is 305 g/mol. The summed E-state index contributed by atoms with van der Waals surface area (Å²) in [4.78, 5) is 3.99. The van der Waals surface area contributed by atoms with Gasteiger partial charge in [-0.1, -0.05) is 18.3 Å². The fourth-order valence-corrected chi connectivity index (χ4v) is 5.09. The molecule has 2 heterocycles. The van der Waals surface area contributed by atoms with Crippen LogP contribution in [0.2, 0.25) is 0 Å². The van der Waals surface area contributed by atoms with Gasteiger partial charge in [-0.3, -0.25) is 0 Å². The van der Waals surface area contributed by atoms with Crippen molar-refractivity contribution in [2.45, 2.75) is 37.0 Å². The molecular formula is C11H19N3O3S2. The molecule has 19 heavy (non-hydrogen) atoms. The Balaban J connectivity index is 2.22. The maximum atomic E-state index is 12.6. The van der Waals surface area contributed by atoms with Crippen LogP contribution in [0.15, 0.2) is 4.21 Å². The van der Waals surface area contributed by atoms with Gasteiger partial charge in [0.1, 0.15) is 0 Å². The fourth-order valence-electron chi connectivity index (χ4n) is 2.17. The van der Waals surface area contributed by atoms with E-state index >= 15 is 0 Å². The molecule has 0 bridgehead atoms. The molecule has 0 spiro atoms. The summed E-state index contributed by atoms with van der Waals surface area (Å²) in [5.74, 6) is 0. The van der Waals surface area contributed by atoms with Gasteiger partial charge >= 0.3 is 0 Å². The largest absolute Gasteiger partial charge is 0.377 e. The number of aryl methyl sites for hydroxylation is 1. The molecule has 108 valence electrons. The Morgan fingerprint density at radius 3 is 2.79 bits per heavy atom. The molecule has 2 N–H and O–H groups in total. The molecule has 0 saturated carbocycles. The van der Waals surface area contributed by atoms with Gasteiger partial charge in [-0.25, -0.2) is 13.4 Å². The highest BCUT2D eigenvalue weighted by molar-refractivity contribution is 7.91. The summed E-state index contributed by atoms with van der Waals surface area (Å²) in [6, 6.07) is 0. The second kappa shape index (κ2) is 5.74. The van der Waals surface area contributed by atoms with E-state index in [2.05, 4.69) is 4.98 Å². The van der Waals surface area contributed by atoms with E-state index in [-0.39, 0.29) is 15.4 Å². The van der Waals surface area contributed by atoms with E-state index in [1.807, 2.05) is 6.92 Å². The number of anilines is 1. The molecule has 1 aliphatic rings. The lowest BCUT2D eigenvalue weighted by Gasteiger charge is -2.22. The molecule has 6 nitrogen and oxygen atoms in total. The number of hydrogen-bond donors (Lipinski definition) is 1. The molecule has 1 aromatic heterocycles. The summed E-state index contributed by atoms with van der Waals surface area (Å²) in [6.07, 6.45) is 1.91. The van der Waals surface area contributed by atoms with Crippen LogP contribution in [0, 0.1) is 6.92 Å². The summed E-state index contributed by atoms with van der Waals surface area (Å²) in [5, 5.41) is 0.282. The lowest BCUT2D eigenvalue weighted by atomic mass is 10.2. The molecule has 1 saturated heterocycles. The molecule has 0 aromatic carbocycles. The van der Waals surface area contributed by atoms with Crippen molar-refractivity contribution in [2.24, 2.45) is 0 Å². The molecule has 0 radical (unpaired) electrons. The summed E-state index contributed by atoms with van der Waals surface area (Å²) in [6.45, 7) is 5.02. The summed E-state index contributed by atoms with van der Waals surface area (Å²) >= 11 is 1.02. The van der Waals surface area contributed by atoms with E-state index in [0.29, 0.717) is 18.8 Å². The van der Waals surface area contributed by atoms with Crippen molar-refractivity contribution >= 4 is 26.5 Å². The number of rotatable bonds is 5. The SMILES string of the molecule is CCN(CC1CCCO1)S(=O)(=O)c1sc(N)nc1C. The zero-order valence-corrected chi connectivity index (χ0v) is 12.8. The van der Waals surface area contributed by atoms with Gasteiger partial charge in [-0.2, -0.15) is 4.31 Å². The Labute approximate surface area is 117 Å². The number of nitrogens with zero attached hydrogens (tertiary/aromatic N) is 2. The summed E-state index contributed by atoms with van der Waals surface area (Å²) < 4.78 is 32.3. The Morgan fingerprint density at radius 1 is 1.58 bits per heavy atom. The second-order valence-electron chi connectivity index (χ2n) is 4.52. The molecule has 2 rings (SSSR count). The van der Waals surface area contributed by atoms with Crippen LogP contribution >= 0.6 is 11.3 Å². The van der Waals surface area contributed by atoms with Gasteiger partial charge in [0.15, 0.2) is 9.34 Å². The number of aromatic nitrogens is 1. The van der Waals surface area contributed by atoms with E-state index in [9.17, 15) is 8.42 Å². The third-order valence-electron chi connectivity index (χ3n) is 3.13. The van der Waals surface area contributed by atoms with Crippen molar-refractivity contribution < 1.29 is 13.2 Å². The average Bonchev–Trinajstić information content (AvgIpc) is 2.95. The number of likely N-dealkylation sites (N-methyl/N-ethyl adjacent to an activating group) is 1. The lowest BCUT2D eigenvalue weighted by Crippen LogP contribution is -2.37. The maximum absolute atomic E-state index is 12.6. The van der Waals surface area contributed by atoms with E-state index in [1.165, 1.54) is 4.31 Å². The summed E-state index contributed by atoms with van der Waals surface area (Å²) in [7, 11) is -3.52. The molecule has 1 aliphatic heterocycles. The van der Waals surface area contributed by atoms with Gasteiger partial charge in [0, 0.05) is 19.7 Å². The van der Waals surface area contributed by atoms with Crippen LogP contribution in [-0.4, -0.2) is 43.5 Å². The molecule has 1 unspecified atom stereocenters. The fraction of sp³-hybridized carbons (Fsp3) is 0.727. The van der Waals surface area contributed by atoms with Gasteiger partial charge in [0.2, 0.25) is 0 Å². The molecule has 0 amide bonds. The number of sulfonamides is 1. The van der Waals surface area contributed by atoms with Crippen molar-refractivity contribution in [3.8, 4) is 0 Å². The van der Waals surface area contributed by atoms with Crippen LogP contribution in [0.1, 0.15) is 25.5 Å². The third kappa shape index (κ3) is 3.07. The van der Waals surface area contributed by atoms with E-state index in [1.54, 1.807) is 6.92 Å². The predicted octanol–water partition coefficient (Wildman–Crippen LogP) is 1.22. The van der Waals surface area contributed by atoms with E-state index < -0.39 is 10.0 Å². The van der Waals surface area contributed by atoms with Gasteiger partial charge in [0.25, 0.3) is 10.0 Å². The van der Waals surface area contributed by atoms with Gasteiger partial charge in [-0.15, -0.1) is 0 Å². The van der Waals surface area contributed by atoms with Crippen LogP contribution in [0.25, 0.3) is 0 Å². The first-order valence-electron chi connectivity index (χ1n) is 6.29. The van der Waals surface area contributed by atoms with Crippen LogP contribution in [-0.2, 0) is 14.8 Å². The van der Waals surface area contributed by atoms with Gasteiger partial charge in [-0.05, 0) is 19.8 Å². The molecule has 0 aliphatic carbocycles. The Hall–Kier alpha value is -0.700. The van der Waals surface area contributed by atoms with Crippen molar-refractivity contribution in [3.05, 3.63) is 5.69 Å². The number of thiazole rings is 1. The third-order valence-corrected chi connectivity index (χ3v) is 6.64. The first-order valence-corrected chi connectivity index (χ1v) is 8.55. The quantitative estimate of drug-likeness (QED) is 0.884. The van der Waals surface area contributed by atoms with Crippen molar-refractivity contribution in [1.82, 2.24) is 9.29 Å². The highest BCUT2D eigenvalue weighted by Crippen LogP contribution is 2.28. The predicted molar refractivity (Wildman–Crippen MR) is 74.7 cm³/mol. The van der Waals surface area contributed by atoms with Crippen molar-refractivity contribution in [2.75, 3.05) is 25.4 Å². The van der Waals surface area contributed by atoms with Crippen molar-refractivity contribution in [1.29, 1.82) is 0 Å². The smallest absolute Gasteiger partial charge is 0.254 e. The van der Waals surface area contributed by atoms with Crippen LogP contribution < -0.4 is 5.73 Å².